The Morgan fingerprint density at radius 3 is 2.13 bits per heavy atom. The van der Waals surface area contributed by atoms with Gasteiger partial charge in [-0.25, -0.2) is 12.8 Å². The summed E-state index contributed by atoms with van der Waals surface area (Å²) in [6.45, 7) is 5.62. The Kier molecular flexibility index (Phi) is 10.5. The molecule has 208 valence electrons. The van der Waals surface area contributed by atoms with Gasteiger partial charge in [0.1, 0.15) is 18.4 Å². The summed E-state index contributed by atoms with van der Waals surface area (Å²) in [5.41, 5.74) is 0.847. The van der Waals surface area contributed by atoms with E-state index < -0.39 is 34.3 Å². The number of halogens is 2. The van der Waals surface area contributed by atoms with Crippen LogP contribution in [-0.4, -0.2) is 44.3 Å². The second kappa shape index (κ2) is 13.6. The highest BCUT2D eigenvalue weighted by Gasteiger charge is 2.33. The van der Waals surface area contributed by atoms with E-state index in [1.54, 1.807) is 49.4 Å². The van der Waals surface area contributed by atoms with Crippen molar-refractivity contribution in [3.8, 4) is 0 Å². The third kappa shape index (κ3) is 8.03. The van der Waals surface area contributed by atoms with Gasteiger partial charge in [-0.3, -0.25) is 13.9 Å². The summed E-state index contributed by atoms with van der Waals surface area (Å²) in [5, 5.41) is 3.41. The van der Waals surface area contributed by atoms with Crippen molar-refractivity contribution in [3.05, 3.63) is 95.3 Å². The van der Waals surface area contributed by atoms with Gasteiger partial charge in [0, 0.05) is 18.1 Å². The predicted octanol–water partition coefficient (Wildman–Crippen LogP) is 5.25. The first-order valence-corrected chi connectivity index (χ1v) is 14.5. The zero-order valence-electron chi connectivity index (χ0n) is 22.2. The maximum atomic E-state index is 13.9. The Morgan fingerprint density at radius 2 is 1.56 bits per heavy atom. The van der Waals surface area contributed by atoms with Gasteiger partial charge < -0.3 is 10.2 Å². The summed E-state index contributed by atoms with van der Waals surface area (Å²) in [4.78, 5) is 28.5. The molecule has 0 spiro atoms. The number of benzene rings is 3. The van der Waals surface area contributed by atoms with Crippen molar-refractivity contribution < 1.29 is 22.4 Å². The first kappa shape index (κ1) is 30.1. The van der Waals surface area contributed by atoms with Crippen molar-refractivity contribution in [2.24, 2.45) is 5.92 Å². The minimum atomic E-state index is -4.20. The molecule has 0 fully saturated rings. The summed E-state index contributed by atoms with van der Waals surface area (Å²) in [7, 11) is -4.20. The lowest BCUT2D eigenvalue weighted by molar-refractivity contribution is -0.140. The van der Waals surface area contributed by atoms with Crippen LogP contribution in [0.15, 0.2) is 83.8 Å². The topological polar surface area (TPSA) is 86.8 Å². The summed E-state index contributed by atoms with van der Waals surface area (Å²) in [6.07, 6.45) is 0.311. The lowest BCUT2D eigenvalue weighted by atomic mass is 10.1. The Hall–Kier alpha value is -3.43. The SMILES string of the molecule is CCC(C(=O)NCC(C)C)N(Cc1ccc(Cl)cc1)C(=O)CN(c1ccc(F)cc1)S(=O)(=O)c1ccccc1. The molecule has 0 heterocycles. The van der Waals surface area contributed by atoms with E-state index in [-0.39, 0.29) is 29.0 Å². The molecule has 39 heavy (non-hydrogen) atoms. The quantitative estimate of drug-likeness (QED) is 0.320. The molecule has 1 unspecified atom stereocenters. The molecule has 0 aliphatic heterocycles. The molecule has 0 saturated carbocycles. The second-order valence-corrected chi connectivity index (χ2v) is 11.8. The van der Waals surface area contributed by atoms with E-state index in [0.717, 1.165) is 22.0 Å². The molecule has 0 aliphatic rings. The van der Waals surface area contributed by atoms with Crippen LogP contribution in [0.5, 0.6) is 0 Å². The van der Waals surface area contributed by atoms with Crippen LogP contribution in [-0.2, 0) is 26.2 Å². The highest BCUT2D eigenvalue weighted by Crippen LogP contribution is 2.25. The molecular formula is C29H33ClFN3O4S. The highest BCUT2D eigenvalue weighted by molar-refractivity contribution is 7.92. The summed E-state index contributed by atoms with van der Waals surface area (Å²) in [5.74, 6) is -1.25. The monoisotopic (exact) mass is 573 g/mol. The smallest absolute Gasteiger partial charge is 0.264 e. The van der Waals surface area contributed by atoms with Crippen LogP contribution < -0.4 is 9.62 Å². The first-order chi connectivity index (χ1) is 18.5. The summed E-state index contributed by atoms with van der Waals surface area (Å²) in [6, 6.07) is 18.6. The van der Waals surface area contributed by atoms with Crippen LogP contribution in [0.4, 0.5) is 10.1 Å². The summed E-state index contributed by atoms with van der Waals surface area (Å²) >= 11 is 6.03. The van der Waals surface area contributed by atoms with Crippen molar-refractivity contribution in [2.45, 2.75) is 44.7 Å². The minimum absolute atomic E-state index is 0.0203. The lowest BCUT2D eigenvalue weighted by Gasteiger charge is -2.33. The molecule has 0 saturated heterocycles. The molecule has 1 N–H and O–H groups in total. The van der Waals surface area contributed by atoms with Crippen LogP contribution in [0.3, 0.4) is 0 Å². The molecule has 3 aromatic carbocycles. The Labute approximate surface area is 234 Å². The number of nitrogens with zero attached hydrogens (tertiary/aromatic N) is 2. The van der Waals surface area contributed by atoms with Gasteiger partial charge in [-0.05, 0) is 66.4 Å². The van der Waals surface area contributed by atoms with Gasteiger partial charge in [-0.2, -0.15) is 0 Å². The molecule has 0 bridgehead atoms. The maximum Gasteiger partial charge on any atom is 0.264 e. The zero-order chi connectivity index (χ0) is 28.6. The first-order valence-electron chi connectivity index (χ1n) is 12.7. The normalized spacial score (nSPS) is 12.2. The number of hydrogen-bond acceptors (Lipinski definition) is 4. The number of rotatable bonds is 12. The van der Waals surface area contributed by atoms with Gasteiger partial charge in [0.05, 0.1) is 10.6 Å². The number of sulfonamides is 1. The van der Waals surface area contributed by atoms with E-state index in [9.17, 15) is 22.4 Å². The maximum absolute atomic E-state index is 13.9. The van der Waals surface area contributed by atoms with Crippen LogP contribution in [0.25, 0.3) is 0 Å². The van der Waals surface area contributed by atoms with Crippen molar-refractivity contribution in [1.29, 1.82) is 0 Å². The molecule has 0 aliphatic carbocycles. The van der Waals surface area contributed by atoms with Crippen LogP contribution >= 0.6 is 11.6 Å². The Morgan fingerprint density at radius 1 is 0.949 bits per heavy atom. The number of anilines is 1. The fraction of sp³-hybridized carbons (Fsp3) is 0.310. The largest absolute Gasteiger partial charge is 0.354 e. The molecule has 0 radical (unpaired) electrons. The molecule has 10 heteroatoms. The number of nitrogens with one attached hydrogen (secondary N) is 1. The van der Waals surface area contributed by atoms with E-state index >= 15 is 0 Å². The van der Waals surface area contributed by atoms with Gasteiger partial charge in [0.15, 0.2) is 0 Å². The van der Waals surface area contributed by atoms with Crippen molar-refractivity contribution in [1.82, 2.24) is 10.2 Å². The van der Waals surface area contributed by atoms with Crippen molar-refractivity contribution >= 4 is 39.1 Å². The predicted molar refractivity (Wildman–Crippen MR) is 151 cm³/mol. The third-order valence-electron chi connectivity index (χ3n) is 6.06. The number of hydrogen-bond donors (Lipinski definition) is 1. The molecule has 0 aromatic heterocycles. The average Bonchev–Trinajstić information content (AvgIpc) is 2.92. The highest BCUT2D eigenvalue weighted by atomic mass is 35.5. The van der Waals surface area contributed by atoms with Crippen molar-refractivity contribution in [3.63, 3.8) is 0 Å². The van der Waals surface area contributed by atoms with Gasteiger partial charge in [0.25, 0.3) is 10.0 Å². The number of carbonyl (C=O) groups is 2. The molecule has 3 aromatic rings. The van der Waals surface area contributed by atoms with E-state index in [0.29, 0.717) is 18.0 Å². The molecule has 2 amide bonds. The Bertz CT molecular complexity index is 1350. The molecule has 7 nitrogen and oxygen atoms in total. The van der Waals surface area contributed by atoms with E-state index in [4.69, 9.17) is 11.6 Å². The van der Waals surface area contributed by atoms with Crippen molar-refractivity contribution in [2.75, 3.05) is 17.4 Å². The minimum Gasteiger partial charge on any atom is -0.354 e. The third-order valence-corrected chi connectivity index (χ3v) is 8.10. The van der Waals surface area contributed by atoms with Crippen LogP contribution in [0, 0.1) is 11.7 Å². The summed E-state index contributed by atoms with van der Waals surface area (Å²) < 4.78 is 42.0. The molecule has 1 atom stereocenters. The van der Waals surface area contributed by atoms with E-state index in [1.165, 1.54) is 29.2 Å². The number of amides is 2. The van der Waals surface area contributed by atoms with E-state index in [1.807, 2.05) is 13.8 Å². The van der Waals surface area contributed by atoms with Crippen LogP contribution in [0.2, 0.25) is 5.02 Å². The number of carbonyl (C=O) groups excluding carboxylic acids is 2. The average molecular weight is 574 g/mol. The van der Waals surface area contributed by atoms with Gasteiger partial charge in [0.2, 0.25) is 11.8 Å². The van der Waals surface area contributed by atoms with E-state index in [2.05, 4.69) is 5.32 Å². The van der Waals surface area contributed by atoms with Crippen LogP contribution in [0.1, 0.15) is 32.8 Å². The Balaban J connectivity index is 2.02. The fourth-order valence-corrected chi connectivity index (χ4v) is 5.55. The fourth-order valence-electron chi connectivity index (χ4n) is 3.98. The van der Waals surface area contributed by atoms with Gasteiger partial charge in [-0.1, -0.05) is 62.7 Å². The zero-order valence-corrected chi connectivity index (χ0v) is 23.8. The molecule has 3 rings (SSSR count). The van der Waals surface area contributed by atoms with Gasteiger partial charge >= 0.3 is 0 Å². The standard InChI is InChI=1S/C29H33ClFN3O4S/c1-4-27(29(36)32-18-21(2)3)33(19-22-10-12-23(30)13-11-22)28(35)20-34(25-16-14-24(31)15-17-25)39(37,38)26-8-6-5-7-9-26/h5-17,21,27H,4,18-20H2,1-3H3,(H,32,36). The van der Waals surface area contributed by atoms with Gasteiger partial charge in [-0.15, -0.1) is 0 Å². The second-order valence-electron chi connectivity index (χ2n) is 9.51. The lowest BCUT2D eigenvalue weighted by Crippen LogP contribution is -2.52. The molecular weight excluding hydrogens is 541 g/mol.